The molecule has 8 nitrogen and oxygen atoms in total. The van der Waals surface area contributed by atoms with Crippen molar-refractivity contribution >= 4 is 22.7 Å². The summed E-state index contributed by atoms with van der Waals surface area (Å²) in [6.45, 7) is 5.31. The van der Waals surface area contributed by atoms with E-state index in [0.29, 0.717) is 17.9 Å². The molecule has 3 heterocycles. The summed E-state index contributed by atoms with van der Waals surface area (Å²) in [6, 6.07) is 7.98. The van der Waals surface area contributed by atoms with Crippen molar-refractivity contribution in [2.45, 2.75) is 26.8 Å². The Morgan fingerprint density at radius 1 is 1.21 bits per heavy atom. The number of hydrogen-bond acceptors (Lipinski definition) is 5. The molecule has 0 spiro atoms. The van der Waals surface area contributed by atoms with E-state index in [4.69, 9.17) is 0 Å². The second kappa shape index (κ2) is 7.75. The summed E-state index contributed by atoms with van der Waals surface area (Å²) in [5.74, 6) is -1.01. The fourth-order valence-corrected chi connectivity index (χ4v) is 3.36. The van der Waals surface area contributed by atoms with Gasteiger partial charge in [-0.1, -0.05) is 17.7 Å². The molecule has 0 bridgehead atoms. The minimum absolute atomic E-state index is 0.145. The molecule has 29 heavy (non-hydrogen) atoms. The second-order valence-corrected chi connectivity index (χ2v) is 6.96. The first-order valence-corrected chi connectivity index (χ1v) is 9.43. The lowest BCUT2D eigenvalue weighted by Gasteiger charge is -2.12. The van der Waals surface area contributed by atoms with E-state index in [1.807, 2.05) is 48.9 Å². The molecule has 4 rings (SSSR count). The SMILES string of the molecule is Cc1ccc(-n2nc(C)c3c(NCCCn4ccnc4)c(C(=O)O)cnc32)cc1. The Kier molecular flexibility index (Phi) is 4.99. The Morgan fingerprint density at radius 2 is 2.00 bits per heavy atom. The van der Waals surface area contributed by atoms with Crippen LogP contribution in [0.1, 0.15) is 28.0 Å². The smallest absolute Gasteiger partial charge is 0.339 e. The van der Waals surface area contributed by atoms with Gasteiger partial charge in [0, 0.05) is 31.7 Å². The van der Waals surface area contributed by atoms with Gasteiger partial charge in [-0.25, -0.2) is 19.4 Å². The van der Waals surface area contributed by atoms with Gasteiger partial charge in [-0.2, -0.15) is 5.10 Å². The molecule has 0 radical (unpaired) electrons. The van der Waals surface area contributed by atoms with Crippen LogP contribution in [-0.2, 0) is 6.54 Å². The van der Waals surface area contributed by atoms with Crippen LogP contribution in [0.4, 0.5) is 5.69 Å². The van der Waals surface area contributed by atoms with Crippen LogP contribution in [0, 0.1) is 13.8 Å². The number of carboxylic acids is 1. The normalized spacial score (nSPS) is 11.1. The molecule has 0 saturated heterocycles. The highest BCUT2D eigenvalue weighted by molar-refractivity contribution is 6.04. The van der Waals surface area contributed by atoms with E-state index in [9.17, 15) is 9.90 Å². The van der Waals surface area contributed by atoms with Gasteiger partial charge in [0.2, 0.25) is 0 Å². The van der Waals surface area contributed by atoms with Crippen LogP contribution in [0.15, 0.2) is 49.2 Å². The third-order valence-corrected chi connectivity index (χ3v) is 4.83. The van der Waals surface area contributed by atoms with Gasteiger partial charge in [0.15, 0.2) is 5.65 Å². The van der Waals surface area contributed by atoms with Crippen molar-refractivity contribution < 1.29 is 9.90 Å². The third kappa shape index (κ3) is 3.69. The third-order valence-electron chi connectivity index (χ3n) is 4.83. The van der Waals surface area contributed by atoms with E-state index in [0.717, 1.165) is 35.3 Å². The monoisotopic (exact) mass is 390 g/mol. The summed E-state index contributed by atoms with van der Waals surface area (Å²) in [5, 5.41) is 18.3. The zero-order valence-corrected chi connectivity index (χ0v) is 16.3. The Labute approximate surface area is 167 Å². The van der Waals surface area contributed by atoms with Gasteiger partial charge < -0.3 is 15.0 Å². The van der Waals surface area contributed by atoms with E-state index in [1.54, 1.807) is 17.2 Å². The van der Waals surface area contributed by atoms with Gasteiger partial charge in [0.1, 0.15) is 5.56 Å². The molecule has 0 unspecified atom stereocenters. The van der Waals surface area contributed by atoms with E-state index < -0.39 is 5.97 Å². The Morgan fingerprint density at radius 3 is 2.69 bits per heavy atom. The summed E-state index contributed by atoms with van der Waals surface area (Å²) < 4.78 is 3.75. The lowest BCUT2D eigenvalue weighted by atomic mass is 10.1. The zero-order chi connectivity index (χ0) is 20.4. The molecule has 0 aliphatic carbocycles. The Balaban J connectivity index is 1.69. The molecule has 3 aromatic heterocycles. The standard InChI is InChI=1S/C21H22N6O2/c1-14-4-6-16(7-5-14)27-20-18(15(2)25-27)19(17(12-24-20)21(28)29)23-8-3-10-26-11-9-22-13-26/h4-7,9,11-13H,3,8,10H2,1-2H3,(H,23,24)(H,28,29). The summed E-state index contributed by atoms with van der Waals surface area (Å²) in [7, 11) is 0. The number of hydrogen-bond donors (Lipinski definition) is 2. The molecule has 0 atom stereocenters. The predicted molar refractivity (Wildman–Crippen MR) is 111 cm³/mol. The molecule has 148 valence electrons. The van der Waals surface area contributed by atoms with Crippen LogP contribution < -0.4 is 5.32 Å². The maximum atomic E-state index is 11.8. The van der Waals surface area contributed by atoms with Crippen molar-refractivity contribution in [3.8, 4) is 5.69 Å². The molecule has 0 amide bonds. The minimum atomic E-state index is -1.01. The number of anilines is 1. The molecule has 0 fully saturated rings. The highest BCUT2D eigenvalue weighted by Gasteiger charge is 2.20. The zero-order valence-electron chi connectivity index (χ0n) is 16.3. The highest BCUT2D eigenvalue weighted by atomic mass is 16.4. The van der Waals surface area contributed by atoms with Crippen LogP contribution >= 0.6 is 0 Å². The number of rotatable bonds is 7. The van der Waals surface area contributed by atoms with Crippen molar-refractivity contribution in [2.75, 3.05) is 11.9 Å². The van der Waals surface area contributed by atoms with Gasteiger partial charge in [-0.05, 0) is 32.4 Å². The second-order valence-electron chi connectivity index (χ2n) is 6.96. The summed E-state index contributed by atoms with van der Waals surface area (Å²) in [4.78, 5) is 20.2. The number of imidazole rings is 1. The molecule has 2 N–H and O–H groups in total. The number of pyridine rings is 1. The van der Waals surface area contributed by atoms with Crippen molar-refractivity contribution in [3.05, 3.63) is 66.0 Å². The number of fused-ring (bicyclic) bond motifs is 1. The average molecular weight is 390 g/mol. The maximum absolute atomic E-state index is 11.8. The molecule has 1 aromatic carbocycles. The number of nitrogens with one attached hydrogen (secondary N) is 1. The minimum Gasteiger partial charge on any atom is -0.478 e. The number of nitrogens with zero attached hydrogens (tertiary/aromatic N) is 5. The first-order chi connectivity index (χ1) is 14.0. The first-order valence-electron chi connectivity index (χ1n) is 9.43. The van der Waals surface area contributed by atoms with Crippen molar-refractivity contribution in [1.29, 1.82) is 0 Å². The summed E-state index contributed by atoms with van der Waals surface area (Å²) in [6.07, 6.45) is 7.64. The van der Waals surface area contributed by atoms with E-state index in [2.05, 4.69) is 20.4 Å². The number of carbonyl (C=O) groups is 1. The van der Waals surface area contributed by atoms with Crippen LogP contribution in [0.25, 0.3) is 16.7 Å². The topological polar surface area (TPSA) is 97.9 Å². The van der Waals surface area contributed by atoms with Gasteiger partial charge in [0.25, 0.3) is 0 Å². The van der Waals surface area contributed by atoms with Crippen molar-refractivity contribution in [2.24, 2.45) is 0 Å². The number of aromatic nitrogens is 5. The van der Waals surface area contributed by atoms with E-state index in [1.165, 1.54) is 6.20 Å². The summed E-state index contributed by atoms with van der Waals surface area (Å²) >= 11 is 0. The Bertz CT molecular complexity index is 1150. The quantitative estimate of drug-likeness (QED) is 0.469. The molecule has 0 saturated carbocycles. The maximum Gasteiger partial charge on any atom is 0.339 e. The fourth-order valence-electron chi connectivity index (χ4n) is 3.36. The highest BCUT2D eigenvalue weighted by Crippen LogP contribution is 2.30. The van der Waals surface area contributed by atoms with E-state index >= 15 is 0 Å². The van der Waals surface area contributed by atoms with Crippen molar-refractivity contribution in [3.63, 3.8) is 0 Å². The number of aryl methyl sites for hydroxylation is 3. The molecule has 0 aliphatic rings. The number of benzene rings is 1. The van der Waals surface area contributed by atoms with Crippen molar-refractivity contribution in [1.82, 2.24) is 24.3 Å². The van der Waals surface area contributed by atoms with E-state index in [-0.39, 0.29) is 5.56 Å². The predicted octanol–water partition coefficient (Wildman–Crippen LogP) is 3.43. The Hall–Kier alpha value is -3.68. The average Bonchev–Trinajstić information content (AvgIpc) is 3.34. The molecular weight excluding hydrogens is 368 g/mol. The molecule has 4 aromatic rings. The van der Waals surface area contributed by atoms with Crippen LogP contribution in [0.3, 0.4) is 0 Å². The first kappa shape index (κ1) is 18.7. The molecule has 0 aliphatic heterocycles. The van der Waals surface area contributed by atoms with Gasteiger partial charge in [0.05, 0.1) is 28.8 Å². The number of carboxylic acid groups (broad SMARTS) is 1. The lowest BCUT2D eigenvalue weighted by Crippen LogP contribution is -2.11. The largest absolute Gasteiger partial charge is 0.478 e. The number of aromatic carboxylic acids is 1. The van der Waals surface area contributed by atoms with Gasteiger partial charge >= 0.3 is 5.97 Å². The van der Waals surface area contributed by atoms with Crippen LogP contribution in [0.2, 0.25) is 0 Å². The summed E-state index contributed by atoms with van der Waals surface area (Å²) in [5.41, 5.74) is 4.11. The van der Waals surface area contributed by atoms with Crippen LogP contribution in [0.5, 0.6) is 0 Å². The fraction of sp³-hybridized carbons (Fsp3) is 0.238. The van der Waals surface area contributed by atoms with Gasteiger partial charge in [-0.3, -0.25) is 0 Å². The van der Waals surface area contributed by atoms with Gasteiger partial charge in [-0.15, -0.1) is 0 Å². The van der Waals surface area contributed by atoms with Crippen LogP contribution in [-0.4, -0.2) is 41.9 Å². The molecular formula is C21H22N6O2. The molecule has 8 heteroatoms. The lowest BCUT2D eigenvalue weighted by molar-refractivity contribution is 0.0697.